The Bertz CT molecular complexity index is 1500. The summed E-state index contributed by atoms with van der Waals surface area (Å²) in [7, 11) is 3.23. The Kier molecular flexibility index (Phi) is 7.88. The topological polar surface area (TPSA) is 112 Å². The number of nitrogens with zero attached hydrogens (tertiary/aromatic N) is 1. The van der Waals surface area contributed by atoms with E-state index in [4.69, 9.17) is 18.9 Å². The van der Waals surface area contributed by atoms with Gasteiger partial charge in [0, 0.05) is 18.2 Å². The summed E-state index contributed by atoms with van der Waals surface area (Å²) in [6.45, 7) is 1.30. The number of nitrogens with one attached hydrogen (secondary N) is 1. The fourth-order valence-corrected chi connectivity index (χ4v) is 5.21. The van der Waals surface area contributed by atoms with Crippen LogP contribution in [0.3, 0.4) is 0 Å². The Morgan fingerprint density at radius 1 is 0.900 bits per heavy atom. The van der Waals surface area contributed by atoms with Crippen LogP contribution in [0.15, 0.2) is 94.6 Å². The van der Waals surface area contributed by atoms with E-state index >= 15 is 0 Å². The molecule has 0 spiro atoms. The quantitative estimate of drug-likeness (QED) is 0.310. The Hall–Kier alpha value is -4.18. The van der Waals surface area contributed by atoms with Crippen molar-refractivity contribution in [2.75, 3.05) is 20.8 Å². The van der Waals surface area contributed by atoms with Crippen molar-refractivity contribution in [2.24, 2.45) is 0 Å². The third kappa shape index (κ3) is 5.06. The largest absolute Gasteiger partial charge is 0.497 e. The van der Waals surface area contributed by atoms with Gasteiger partial charge in [0.25, 0.3) is 5.56 Å². The number of aromatic nitrogens is 2. The molecule has 0 aliphatic carbocycles. The number of H-pyrrole nitrogens is 1. The molecule has 3 atom stereocenters. The summed E-state index contributed by atoms with van der Waals surface area (Å²) in [6.07, 6.45) is -0.370. The maximum absolute atomic E-state index is 12.7. The number of aliphatic hydroxyl groups is 1. The van der Waals surface area contributed by atoms with Crippen molar-refractivity contribution in [3.05, 3.63) is 128 Å². The summed E-state index contributed by atoms with van der Waals surface area (Å²) in [6, 6.07) is 25.1. The van der Waals surface area contributed by atoms with Gasteiger partial charge in [0.05, 0.1) is 26.9 Å². The first kappa shape index (κ1) is 27.4. The molecule has 0 saturated carbocycles. The summed E-state index contributed by atoms with van der Waals surface area (Å²) in [5, 5.41) is 10.3. The molecule has 5 rings (SSSR count). The minimum absolute atomic E-state index is 0.261. The molecule has 208 valence electrons. The van der Waals surface area contributed by atoms with Crippen molar-refractivity contribution in [3.63, 3.8) is 0 Å². The van der Waals surface area contributed by atoms with Crippen molar-refractivity contribution in [1.29, 1.82) is 0 Å². The van der Waals surface area contributed by atoms with Crippen LogP contribution in [0.5, 0.6) is 11.5 Å². The fourth-order valence-electron chi connectivity index (χ4n) is 5.21. The smallest absolute Gasteiger partial charge is 0.330 e. The Morgan fingerprint density at radius 2 is 1.45 bits per heavy atom. The zero-order valence-corrected chi connectivity index (χ0v) is 22.6. The number of hydrogen-bond acceptors (Lipinski definition) is 7. The Balaban J connectivity index is 1.65. The highest BCUT2D eigenvalue weighted by Crippen LogP contribution is 2.45. The van der Waals surface area contributed by atoms with Crippen LogP contribution in [-0.2, 0) is 15.1 Å². The highest BCUT2D eigenvalue weighted by Gasteiger charge is 2.46. The van der Waals surface area contributed by atoms with Crippen LogP contribution in [0, 0.1) is 6.92 Å². The van der Waals surface area contributed by atoms with E-state index in [-0.39, 0.29) is 13.0 Å². The van der Waals surface area contributed by atoms with Crippen molar-refractivity contribution >= 4 is 0 Å². The SMILES string of the molecule is COc1ccc(C(O[C@H]2C[C@@H](n3cc(C)c(=O)[nH]c3=O)O[C@@H]2CO)(c2ccccc2)c2ccc(OC)cc2)cc1. The van der Waals surface area contributed by atoms with Crippen molar-refractivity contribution in [1.82, 2.24) is 9.55 Å². The van der Waals surface area contributed by atoms with Gasteiger partial charge in [-0.2, -0.15) is 0 Å². The molecular formula is C31H32N2O7. The van der Waals surface area contributed by atoms with Crippen molar-refractivity contribution in [2.45, 2.75) is 37.4 Å². The lowest BCUT2D eigenvalue weighted by atomic mass is 9.79. The molecule has 2 heterocycles. The summed E-state index contributed by atoms with van der Waals surface area (Å²) >= 11 is 0. The van der Waals surface area contributed by atoms with Gasteiger partial charge in [0.15, 0.2) is 0 Å². The molecule has 3 aromatic carbocycles. The van der Waals surface area contributed by atoms with Crippen molar-refractivity contribution in [3.8, 4) is 11.5 Å². The van der Waals surface area contributed by atoms with E-state index in [2.05, 4.69) is 4.98 Å². The minimum atomic E-state index is -1.12. The molecular weight excluding hydrogens is 512 g/mol. The lowest BCUT2D eigenvalue weighted by Crippen LogP contribution is -2.40. The maximum atomic E-state index is 12.7. The normalized spacial score (nSPS) is 18.9. The molecule has 1 aromatic heterocycles. The third-order valence-electron chi connectivity index (χ3n) is 7.32. The number of methoxy groups -OCH3 is 2. The van der Waals surface area contributed by atoms with Crippen LogP contribution in [-0.4, -0.2) is 47.7 Å². The predicted molar refractivity (Wildman–Crippen MR) is 149 cm³/mol. The summed E-state index contributed by atoms with van der Waals surface area (Å²) in [4.78, 5) is 26.9. The monoisotopic (exact) mass is 544 g/mol. The fraction of sp³-hybridized carbons (Fsp3) is 0.290. The van der Waals surface area contributed by atoms with E-state index in [1.165, 1.54) is 10.8 Å². The van der Waals surface area contributed by atoms with E-state index in [9.17, 15) is 14.7 Å². The van der Waals surface area contributed by atoms with E-state index in [1.807, 2.05) is 78.9 Å². The molecule has 1 aliphatic heterocycles. The van der Waals surface area contributed by atoms with Crippen LogP contribution in [0.2, 0.25) is 0 Å². The highest BCUT2D eigenvalue weighted by molar-refractivity contribution is 5.50. The van der Waals surface area contributed by atoms with Gasteiger partial charge >= 0.3 is 5.69 Å². The van der Waals surface area contributed by atoms with Crippen LogP contribution in [0.25, 0.3) is 0 Å². The van der Waals surface area contributed by atoms with E-state index in [1.54, 1.807) is 21.1 Å². The molecule has 1 saturated heterocycles. The van der Waals surface area contributed by atoms with E-state index in [0.29, 0.717) is 17.1 Å². The number of benzene rings is 3. The number of aryl methyl sites for hydroxylation is 1. The number of rotatable bonds is 9. The van der Waals surface area contributed by atoms with Gasteiger partial charge in [-0.3, -0.25) is 14.3 Å². The van der Waals surface area contributed by atoms with Gasteiger partial charge in [-0.15, -0.1) is 0 Å². The summed E-state index contributed by atoms with van der Waals surface area (Å²) in [5.74, 6) is 1.40. The second-order valence-electron chi connectivity index (χ2n) is 9.69. The molecule has 0 unspecified atom stereocenters. The zero-order valence-electron chi connectivity index (χ0n) is 22.6. The molecule has 0 radical (unpaired) electrons. The van der Waals surface area contributed by atoms with Gasteiger partial charge in [0.2, 0.25) is 0 Å². The average Bonchev–Trinajstić information content (AvgIpc) is 3.40. The molecule has 1 aliphatic rings. The first-order chi connectivity index (χ1) is 19.4. The number of hydrogen-bond donors (Lipinski definition) is 2. The third-order valence-corrected chi connectivity index (χ3v) is 7.32. The second kappa shape index (κ2) is 11.5. The zero-order chi connectivity index (χ0) is 28.3. The van der Waals surface area contributed by atoms with Crippen LogP contribution >= 0.6 is 0 Å². The minimum Gasteiger partial charge on any atom is -0.497 e. The van der Waals surface area contributed by atoms with Crippen LogP contribution < -0.4 is 20.7 Å². The van der Waals surface area contributed by atoms with Gasteiger partial charge in [0.1, 0.15) is 29.4 Å². The number of aliphatic hydroxyl groups excluding tert-OH is 1. The van der Waals surface area contributed by atoms with Gasteiger partial charge < -0.3 is 24.1 Å². The predicted octanol–water partition coefficient (Wildman–Crippen LogP) is 3.52. The number of ether oxygens (including phenoxy) is 4. The maximum Gasteiger partial charge on any atom is 0.330 e. The van der Waals surface area contributed by atoms with Crippen LogP contribution in [0.4, 0.5) is 0 Å². The molecule has 0 amide bonds. The Labute approximate surface area is 231 Å². The Morgan fingerprint density at radius 3 is 1.98 bits per heavy atom. The number of aromatic amines is 1. The molecule has 9 heteroatoms. The standard InChI is InChI=1S/C31H32N2O7/c1-20-18-33(30(36)32-29(20)35)28-17-26(27(19-34)39-28)40-31(21-7-5-4-6-8-21,22-9-13-24(37-2)14-10-22)23-11-15-25(38-3)16-12-23/h4-16,18,26-28,34H,17,19H2,1-3H3,(H,32,35,36)/t26-,27+,28-/m0/s1. The average molecular weight is 545 g/mol. The van der Waals surface area contributed by atoms with Crippen molar-refractivity contribution < 1.29 is 24.1 Å². The van der Waals surface area contributed by atoms with Gasteiger partial charge in [-0.05, 0) is 47.9 Å². The lowest BCUT2D eigenvalue weighted by molar-refractivity contribution is -0.0994. The molecule has 1 fully saturated rings. The summed E-state index contributed by atoms with van der Waals surface area (Å²) < 4.78 is 25.4. The first-order valence-electron chi connectivity index (χ1n) is 13.0. The molecule has 2 N–H and O–H groups in total. The molecule has 40 heavy (non-hydrogen) atoms. The van der Waals surface area contributed by atoms with E-state index < -0.39 is 35.3 Å². The summed E-state index contributed by atoms with van der Waals surface area (Å²) in [5.41, 5.74) is 0.752. The van der Waals surface area contributed by atoms with E-state index in [0.717, 1.165) is 16.7 Å². The van der Waals surface area contributed by atoms with Crippen LogP contribution in [0.1, 0.15) is 34.9 Å². The second-order valence-corrected chi connectivity index (χ2v) is 9.69. The van der Waals surface area contributed by atoms with Gasteiger partial charge in [-0.25, -0.2) is 4.79 Å². The van der Waals surface area contributed by atoms with Gasteiger partial charge in [-0.1, -0.05) is 54.6 Å². The molecule has 0 bridgehead atoms. The first-order valence-corrected chi connectivity index (χ1v) is 13.0. The molecule has 4 aromatic rings. The molecule has 9 nitrogen and oxygen atoms in total. The lowest BCUT2D eigenvalue weighted by Gasteiger charge is -2.39. The highest BCUT2D eigenvalue weighted by atomic mass is 16.6.